The number of benzene rings is 2. The third-order valence-electron chi connectivity index (χ3n) is 2.89. The molecule has 0 aliphatic heterocycles. The van der Waals surface area contributed by atoms with Gasteiger partial charge in [-0.05, 0) is 29.3 Å². The molecule has 0 heterocycles. The molecule has 2 rings (SSSR count). The molecule has 23 heavy (non-hydrogen) atoms. The number of nitrogens with one attached hydrogen (secondary N) is 2. The summed E-state index contributed by atoms with van der Waals surface area (Å²) in [5, 5.41) is 2.76. The van der Waals surface area contributed by atoms with Crippen LogP contribution in [0, 0.1) is 0 Å². The molecule has 0 saturated heterocycles. The van der Waals surface area contributed by atoms with Crippen LogP contribution >= 0.6 is 0 Å². The maximum absolute atomic E-state index is 11.7. The minimum Gasteiger partial charge on any atom is -0.348 e. The van der Waals surface area contributed by atoms with Gasteiger partial charge in [-0.25, -0.2) is 0 Å². The maximum atomic E-state index is 11.7. The topological polar surface area (TPSA) is 95.5 Å². The summed E-state index contributed by atoms with van der Waals surface area (Å²) in [7, 11) is -4.28. The average Bonchev–Trinajstić information content (AvgIpc) is 2.52. The van der Waals surface area contributed by atoms with Crippen molar-refractivity contribution >= 4 is 28.0 Å². The Morgan fingerprint density at radius 1 is 1.04 bits per heavy atom. The molecule has 2 aromatic carbocycles. The van der Waals surface area contributed by atoms with E-state index >= 15 is 0 Å². The highest BCUT2D eigenvalue weighted by molar-refractivity contribution is 7.87. The summed E-state index contributed by atoms with van der Waals surface area (Å²) >= 11 is 0. The van der Waals surface area contributed by atoms with Gasteiger partial charge in [-0.1, -0.05) is 42.5 Å². The molecule has 0 unspecified atom stereocenters. The third kappa shape index (κ3) is 6.33. The first-order valence-corrected chi connectivity index (χ1v) is 8.21. The lowest BCUT2D eigenvalue weighted by Gasteiger charge is -2.03. The SMILES string of the molecule is O=C(C=Cc1ccc(NS(=O)(=O)O)cc1)NCc1ccccc1. The second kappa shape index (κ2) is 7.57. The van der Waals surface area contributed by atoms with Crippen molar-refractivity contribution in [2.45, 2.75) is 6.54 Å². The van der Waals surface area contributed by atoms with Gasteiger partial charge < -0.3 is 5.32 Å². The molecule has 0 fully saturated rings. The van der Waals surface area contributed by atoms with Gasteiger partial charge in [0.1, 0.15) is 0 Å². The summed E-state index contributed by atoms with van der Waals surface area (Å²) in [5.74, 6) is -0.228. The predicted octanol–water partition coefficient (Wildman–Crippen LogP) is 2.23. The Morgan fingerprint density at radius 3 is 2.30 bits per heavy atom. The Morgan fingerprint density at radius 2 is 1.70 bits per heavy atom. The summed E-state index contributed by atoms with van der Waals surface area (Å²) in [4.78, 5) is 11.7. The monoisotopic (exact) mass is 332 g/mol. The lowest BCUT2D eigenvalue weighted by molar-refractivity contribution is -0.116. The van der Waals surface area contributed by atoms with Gasteiger partial charge in [-0.15, -0.1) is 0 Å². The van der Waals surface area contributed by atoms with Crippen LogP contribution in [-0.2, 0) is 21.6 Å². The van der Waals surface area contributed by atoms with Crippen molar-refractivity contribution in [2.75, 3.05) is 4.72 Å². The summed E-state index contributed by atoms with van der Waals surface area (Å²) in [6.45, 7) is 0.446. The minimum atomic E-state index is -4.28. The standard InChI is InChI=1S/C16H16N2O4S/c19-16(17-12-14-4-2-1-3-5-14)11-8-13-6-9-15(10-7-13)18-23(20,21)22/h1-11,18H,12H2,(H,17,19)(H,20,21,22). The quantitative estimate of drug-likeness (QED) is 0.558. The van der Waals surface area contributed by atoms with Gasteiger partial charge in [0, 0.05) is 12.6 Å². The smallest absolute Gasteiger partial charge is 0.348 e. The molecule has 2 aromatic rings. The lowest BCUT2D eigenvalue weighted by Crippen LogP contribution is -2.20. The molecule has 0 bridgehead atoms. The van der Waals surface area contributed by atoms with E-state index < -0.39 is 10.3 Å². The number of hydrogen-bond donors (Lipinski definition) is 3. The molecule has 120 valence electrons. The number of anilines is 1. The van der Waals surface area contributed by atoms with Gasteiger partial charge in [0.25, 0.3) is 0 Å². The van der Waals surface area contributed by atoms with Gasteiger partial charge in [-0.2, -0.15) is 8.42 Å². The van der Waals surface area contributed by atoms with Crippen LogP contribution in [0.4, 0.5) is 5.69 Å². The van der Waals surface area contributed by atoms with Crippen LogP contribution in [0.3, 0.4) is 0 Å². The summed E-state index contributed by atoms with van der Waals surface area (Å²) < 4.78 is 31.9. The zero-order valence-electron chi connectivity index (χ0n) is 12.1. The largest absolute Gasteiger partial charge is 0.357 e. The Labute approximate surface area is 134 Å². The van der Waals surface area contributed by atoms with Gasteiger partial charge in [0.15, 0.2) is 0 Å². The van der Waals surface area contributed by atoms with Gasteiger partial charge >= 0.3 is 10.3 Å². The molecule has 0 spiro atoms. The Balaban J connectivity index is 1.88. The normalized spacial score (nSPS) is 11.3. The van der Waals surface area contributed by atoms with Crippen molar-refractivity contribution in [2.24, 2.45) is 0 Å². The molecule has 6 nitrogen and oxygen atoms in total. The van der Waals surface area contributed by atoms with Gasteiger partial charge in [-0.3, -0.25) is 14.1 Å². The first kappa shape index (κ1) is 16.7. The predicted molar refractivity (Wildman–Crippen MR) is 88.9 cm³/mol. The second-order valence-corrected chi connectivity index (χ2v) is 5.89. The molecule has 0 aliphatic rings. The molecule has 1 amide bonds. The van der Waals surface area contributed by atoms with Gasteiger partial charge in [0.05, 0.1) is 5.69 Å². The van der Waals surface area contributed by atoms with E-state index in [9.17, 15) is 13.2 Å². The first-order chi connectivity index (χ1) is 10.9. The van der Waals surface area contributed by atoms with E-state index in [4.69, 9.17) is 4.55 Å². The minimum absolute atomic E-state index is 0.228. The molecular weight excluding hydrogens is 316 g/mol. The molecule has 0 aliphatic carbocycles. The van der Waals surface area contributed by atoms with E-state index in [-0.39, 0.29) is 11.6 Å². The van der Waals surface area contributed by atoms with Crippen LogP contribution in [0.2, 0.25) is 0 Å². The van der Waals surface area contributed by atoms with Crippen LogP contribution in [0.1, 0.15) is 11.1 Å². The van der Waals surface area contributed by atoms with Crippen molar-refractivity contribution in [3.05, 3.63) is 71.8 Å². The maximum Gasteiger partial charge on any atom is 0.357 e. The second-order valence-electron chi connectivity index (χ2n) is 4.74. The van der Waals surface area contributed by atoms with Crippen molar-refractivity contribution in [3.8, 4) is 0 Å². The zero-order valence-corrected chi connectivity index (χ0v) is 13.0. The van der Waals surface area contributed by atoms with Crippen LogP contribution in [0.5, 0.6) is 0 Å². The zero-order chi connectivity index (χ0) is 16.7. The van der Waals surface area contributed by atoms with Gasteiger partial charge in [0.2, 0.25) is 5.91 Å². The van der Waals surface area contributed by atoms with E-state index in [1.54, 1.807) is 18.2 Å². The van der Waals surface area contributed by atoms with E-state index in [1.165, 1.54) is 18.2 Å². The van der Waals surface area contributed by atoms with Crippen LogP contribution in [0.15, 0.2) is 60.7 Å². The summed E-state index contributed by atoms with van der Waals surface area (Å²) in [6, 6.07) is 15.8. The molecule has 0 saturated carbocycles. The Kier molecular flexibility index (Phi) is 5.51. The van der Waals surface area contributed by atoms with Crippen LogP contribution in [-0.4, -0.2) is 18.9 Å². The van der Waals surface area contributed by atoms with Crippen molar-refractivity contribution in [1.82, 2.24) is 5.32 Å². The van der Waals surface area contributed by atoms with E-state index in [2.05, 4.69) is 5.32 Å². The van der Waals surface area contributed by atoms with Crippen molar-refractivity contribution < 1.29 is 17.8 Å². The summed E-state index contributed by atoms with van der Waals surface area (Å²) in [6.07, 6.45) is 3.01. The highest BCUT2D eigenvalue weighted by Crippen LogP contribution is 2.11. The molecule has 0 aromatic heterocycles. The molecule has 0 radical (unpaired) electrons. The number of carbonyl (C=O) groups is 1. The fourth-order valence-corrected chi connectivity index (χ4v) is 2.26. The molecule has 0 atom stereocenters. The fourth-order valence-electron chi connectivity index (χ4n) is 1.83. The lowest BCUT2D eigenvalue weighted by atomic mass is 10.2. The number of hydrogen-bond acceptors (Lipinski definition) is 3. The molecule has 7 heteroatoms. The highest BCUT2D eigenvalue weighted by atomic mass is 32.2. The van der Waals surface area contributed by atoms with Crippen molar-refractivity contribution in [3.63, 3.8) is 0 Å². The summed E-state index contributed by atoms with van der Waals surface area (Å²) in [5.41, 5.74) is 1.97. The van der Waals surface area contributed by atoms with E-state index in [0.717, 1.165) is 11.1 Å². The molecular formula is C16H16N2O4S. The third-order valence-corrected chi connectivity index (χ3v) is 3.39. The first-order valence-electron chi connectivity index (χ1n) is 6.77. The number of rotatable bonds is 6. The van der Waals surface area contributed by atoms with Crippen LogP contribution < -0.4 is 10.0 Å². The Bertz CT molecular complexity index is 785. The Hall–Kier alpha value is -2.64. The van der Waals surface area contributed by atoms with E-state index in [1.807, 2.05) is 35.1 Å². The average molecular weight is 332 g/mol. The molecule has 3 N–H and O–H groups in total. The highest BCUT2D eigenvalue weighted by Gasteiger charge is 2.03. The number of amides is 1. The van der Waals surface area contributed by atoms with Crippen LogP contribution in [0.25, 0.3) is 6.08 Å². The fraction of sp³-hybridized carbons (Fsp3) is 0.0625. The van der Waals surface area contributed by atoms with Crippen molar-refractivity contribution in [1.29, 1.82) is 0 Å². The number of carbonyl (C=O) groups excluding carboxylic acids is 1. The van der Waals surface area contributed by atoms with E-state index in [0.29, 0.717) is 6.54 Å².